The van der Waals surface area contributed by atoms with Gasteiger partial charge in [0.05, 0.1) is 17.9 Å². The Bertz CT molecular complexity index is 920. The lowest BCUT2D eigenvalue weighted by atomic mass is 10.0. The van der Waals surface area contributed by atoms with Crippen LogP contribution in [-0.2, 0) is 17.7 Å². The second-order valence-corrected chi connectivity index (χ2v) is 8.15. The van der Waals surface area contributed by atoms with E-state index in [0.29, 0.717) is 18.8 Å². The van der Waals surface area contributed by atoms with Crippen LogP contribution in [-0.4, -0.2) is 54.4 Å². The Balaban J connectivity index is 1.45. The van der Waals surface area contributed by atoms with Gasteiger partial charge in [0.15, 0.2) is 5.82 Å². The molecule has 2 aromatic rings. The maximum atomic E-state index is 11.7. The van der Waals surface area contributed by atoms with Crippen LogP contribution in [0.3, 0.4) is 0 Å². The minimum atomic E-state index is -0.203. The number of rotatable bonds is 4. The van der Waals surface area contributed by atoms with Crippen LogP contribution in [0.15, 0.2) is 24.3 Å². The molecular formula is C22H28N6O2. The van der Waals surface area contributed by atoms with Crippen LogP contribution in [0.4, 0.5) is 16.3 Å². The first-order valence-electron chi connectivity index (χ1n) is 10.9. The molecule has 3 aliphatic heterocycles. The van der Waals surface area contributed by atoms with Crippen molar-refractivity contribution in [1.29, 1.82) is 0 Å². The number of hydrogen-bond acceptors (Lipinski definition) is 6. The van der Waals surface area contributed by atoms with Crippen molar-refractivity contribution in [3.8, 4) is 11.4 Å². The highest BCUT2D eigenvalue weighted by molar-refractivity contribution is 5.89. The van der Waals surface area contributed by atoms with Crippen LogP contribution in [0, 0.1) is 0 Å². The molecule has 158 valence electrons. The summed E-state index contributed by atoms with van der Waals surface area (Å²) in [5.41, 5.74) is 4.05. The fourth-order valence-corrected chi connectivity index (χ4v) is 4.56. The van der Waals surface area contributed by atoms with Gasteiger partial charge < -0.3 is 25.6 Å². The van der Waals surface area contributed by atoms with Gasteiger partial charge >= 0.3 is 6.03 Å². The lowest BCUT2D eigenvalue weighted by Gasteiger charge is -2.35. The number of urea groups is 1. The van der Waals surface area contributed by atoms with Crippen molar-refractivity contribution in [2.24, 2.45) is 0 Å². The van der Waals surface area contributed by atoms with Crippen molar-refractivity contribution in [3.63, 3.8) is 0 Å². The molecule has 8 nitrogen and oxygen atoms in total. The molecule has 0 unspecified atom stereocenters. The average Bonchev–Trinajstić information content (AvgIpc) is 3.11. The molecule has 0 aliphatic carbocycles. The molecule has 0 saturated carbocycles. The molecule has 30 heavy (non-hydrogen) atoms. The lowest BCUT2D eigenvalue weighted by Crippen LogP contribution is -2.44. The van der Waals surface area contributed by atoms with Crippen molar-refractivity contribution in [1.82, 2.24) is 20.6 Å². The second kappa shape index (κ2) is 8.20. The van der Waals surface area contributed by atoms with E-state index in [1.807, 2.05) is 31.2 Å². The third-order valence-corrected chi connectivity index (χ3v) is 6.00. The summed E-state index contributed by atoms with van der Waals surface area (Å²) < 4.78 is 6.03. The Morgan fingerprint density at radius 3 is 2.70 bits per heavy atom. The second-order valence-electron chi connectivity index (χ2n) is 8.15. The predicted molar refractivity (Wildman–Crippen MR) is 116 cm³/mol. The molecule has 2 atom stereocenters. The molecular weight excluding hydrogens is 380 g/mol. The number of morpholine rings is 1. The molecule has 2 bridgehead atoms. The van der Waals surface area contributed by atoms with E-state index in [1.165, 1.54) is 5.56 Å². The molecule has 8 heteroatoms. The van der Waals surface area contributed by atoms with Gasteiger partial charge in [-0.25, -0.2) is 14.8 Å². The first kappa shape index (κ1) is 19.3. The van der Waals surface area contributed by atoms with Gasteiger partial charge in [0.1, 0.15) is 5.82 Å². The van der Waals surface area contributed by atoms with Gasteiger partial charge in [-0.05, 0) is 57.0 Å². The smallest absolute Gasteiger partial charge is 0.319 e. The van der Waals surface area contributed by atoms with Gasteiger partial charge in [0.2, 0.25) is 0 Å². The number of benzene rings is 1. The summed E-state index contributed by atoms with van der Waals surface area (Å²) in [7, 11) is 0. The minimum Gasteiger partial charge on any atom is -0.371 e. The van der Waals surface area contributed by atoms with E-state index in [-0.39, 0.29) is 6.03 Å². The first-order chi connectivity index (χ1) is 14.7. The van der Waals surface area contributed by atoms with Crippen molar-refractivity contribution >= 4 is 17.5 Å². The number of anilines is 2. The highest BCUT2D eigenvalue weighted by Crippen LogP contribution is 2.33. The summed E-state index contributed by atoms with van der Waals surface area (Å²) in [5.74, 6) is 1.80. The van der Waals surface area contributed by atoms with Gasteiger partial charge in [-0.15, -0.1) is 0 Å². The third-order valence-electron chi connectivity index (χ3n) is 6.00. The SMILES string of the molecule is CCNC(=O)Nc1ccc(-c2nc3c(c(N4C[C@H]5CC[C@@H](C4)O5)n2)CCNC3)cc1. The van der Waals surface area contributed by atoms with Crippen molar-refractivity contribution in [3.05, 3.63) is 35.5 Å². The quantitative estimate of drug-likeness (QED) is 0.719. The zero-order valence-electron chi connectivity index (χ0n) is 17.3. The number of nitrogens with one attached hydrogen (secondary N) is 3. The predicted octanol–water partition coefficient (Wildman–Crippen LogP) is 2.30. The maximum absolute atomic E-state index is 11.7. The molecule has 0 radical (unpaired) electrons. The van der Waals surface area contributed by atoms with E-state index in [9.17, 15) is 4.79 Å². The van der Waals surface area contributed by atoms with E-state index in [4.69, 9.17) is 14.7 Å². The molecule has 3 N–H and O–H groups in total. The molecule has 2 fully saturated rings. The van der Waals surface area contributed by atoms with Crippen LogP contribution in [0.25, 0.3) is 11.4 Å². The Kier molecular flexibility index (Phi) is 5.26. The zero-order chi connectivity index (χ0) is 20.5. The maximum Gasteiger partial charge on any atom is 0.319 e. The normalized spacial score (nSPS) is 22.5. The monoisotopic (exact) mass is 408 g/mol. The summed E-state index contributed by atoms with van der Waals surface area (Å²) in [6.07, 6.45) is 3.87. The molecule has 0 spiro atoms. The molecule has 3 aliphatic rings. The number of amides is 2. The first-order valence-corrected chi connectivity index (χ1v) is 10.9. The van der Waals surface area contributed by atoms with Gasteiger partial charge in [-0.1, -0.05) is 0 Å². The number of carbonyl (C=O) groups is 1. The van der Waals surface area contributed by atoms with E-state index in [0.717, 1.165) is 74.0 Å². The molecule has 1 aromatic carbocycles. The van der Waals surface area contributed by atoms with Crippen LogP contribution >= 0.6 is 0 Å². The van der Waals surface area contributed by atoms with Crippen molar-refractivity contribution in [2.75, 3.05) is 36.4 Å². The number of carbonyl (C=O) groups excluding carboxylic acids is 1. The van der Waals surface area contributed by atoms with Crippen LogP contribution in [0.2, 0.25) is 0 Å². The number of aromatic nitrogens is 2. The highest BCUT2D eigenvalue weighted by Gasteiger charge is 2.35. The third kappa shape index (κ3) is 3.85. The molecule has 2 saturated heterocycles. The summed E-state index contributed by atoms with van der Waals surface area (Å²) in [6, 6.07) is 7.50. The standard InChI is InChI=1S/C22H28N6O2/c1-2-24-22(29)25-15-5-3-14(4-6-15)20-26-19-11-23-10-9-18(19)21(27-20)28-12-16-7-8-17(13-28)30-16/h3-6,16-17,23H,2,7-13H2,1H3,(H2,24,25,29)/t16-,17+. The fraction of sp³-hybridized carbons (Fsp3) is 0.500. The molecule has 5 rings (SSSR count). The van der Waals surface area contributed by atoms with Crippen LogP contribution in [0.1, 0.15) is 31.0 Å². The number of ether oxygens (including phenoxy) is 1. The fourth-order valence-electron chi connectivity index (χ4n) is 4.56. The summed E-state index contributed by atoms with van der Waals surface area (Å²) in [4.78, 5) is 24.1. The molecule has 1 aromatic heterocycles. The Labute approximate surface area is 176 Å². The summed E-state index contributed by atoms with van der Waals surface area (Å²) in [6.45, 7) is 6.02. The van der Waals surface area contributed by atoms with Gasteiger partial charge in [0.25, 0.3) is 0 Å². The van der Waals surface area contributed by atoms with Crippen LogP contribution in [0.5, 0.6) is 0 Å². The Hall–Kier alpha value is -2.71. The van der Waals surface area contributed by atoms with E-state index < -0.39 is 0 Å². The Morgan fingerprint density at radius 1 is 1.20 bits per heavy atom. The largest absolute Gasteiger partial charge is 0.371 e. The summed E-state index contributed by atoms with van der Waals surface area (Å²) >= 11 is 0. The van der Waals surface area contributed by atoms with E-state index in [1.54, 1.807) is 0 Å². The highest BCUT2D eigenvalue weighted by atomic mass is 16.5. The van der Waals surface area contributed by atoms with Gasteiger partial charge in [-0.3, -0.25) is 0 Å². The molecule has 4 heterocycles. The van der Waals surface area contributed by atoms with Gasteiger partial charge in [-0.2, -0.15) is 0 Å². The number of nitrogens with zero attached hydrogens (tertiary/aromatic N) is 3. The zero-order valence-corrected chi connectivity index (χ0v) is 17.3. The minimum absolute atomic E-state index is 0.203. The van der Waals surface area contributed by atoms with Gasteiger partial charge in [0, 0.05) is 43.0 Å². The number of fused-ring (bicyclic) bond motifs is 3. The van der Waals surface area contributed by atoms with Crippen LogP contribution < -0.4 is 20.9 Å². The van der Waals surface area contributed by atoms with E-state index >= 15 is 0 Å². The van der Waals surface area contributed by atoms with E-state index in [2.05, 4.69) is 20.9 Å². The topological polar surface area (TPSA) is 91.4 Å². The van der Waals surface area contributed by atoms with Crippen molar-refractivity contribution < 1.29 is 9.53 Å². The number of hydrogen-bond donors (Lipinski definition) is 3. The lowest BCUT2D eigenvalue weighted by molar-refractivity contribution is 0.0301. The molecule has 2 amide bonds. The summed E-state index contributed by atoms with van der Waals surface area (Å²) in [5, 5.41) is 9.00. The average molecular weight is 409 g/mol. The van der Waals surface area contributed by atoms with Crippen molar-refractivity contribution in [2.45, 2.75) is 44.9 Å². The Morgan fingerprint density at radius 2 is 1.97 bits per heavy atom.